The van der Waals surface area contributed by atoms with Gasteiger partial charge in [0.2, 0.25) is 0 Å². The molecule has 1 N–H and O–H groups in total. The fourth-order valence-electron chi connectivity index (χ4n) is 2.59. The van der Waals surface area contributed by atoms with Crippen LogP contribution in [0, 0.1) is 24.5 Å². The van der Waals surface area contributed by atoms with Gasteiger partial charge in [0.1, 0.15) is 11.6 Å². The van der Waals surface area contributed by atoms with Gasteiger partial charge < -0.3 is 10.0 Å². The van der Waals surface area contributed by atoms with Crippen molar-refractivity contribution in [2.45, 2.75) is 13.8 Å². The van der Waals surface area contributed by atoms with Crippen molar-refractivity contribution >= 4 is 11.9 Å². The lowest BCUT2D eigenvalue weighted by molar-refractivity contribution is -0.141. The molecule has 0 saturated carbocycles. The zero-order chi connectivity index (χ0) is 18.7. The van der Waals surface area contributed by atoms with E-state index in [1.165, 1.54) is 49.2 Å². The lowest BCUT2D eigenvalue weighted by Gasteiger charge is -2.20. The Labute approximate surface area is 144 Å². The van der Waals surface area contributed by atoms with Crippen LogP contribution in [0.5, 0.6) is 0 Å². The van der Waals surface area contributed by atoms with E-state index in [4.69, 9.17) is 5.11 Å². The van der Waals surface area contributed by atoms with Crippen LogP contribution in [0.4, 0.5) is 8.78 Å². The van der Waals surface area contributed by atoms with Crippen LogP contribution in [0.15, 0.2) is 36.4 Å². The van der Waals surface area contributed by atoms with Gasteiger partial charge in [-0.15, -0.1) is 0 Å². The molecule has 0 bridgehead atoms. The first-order chi connectivity index (χ1) is 11.7. The Kier molecular flexibility index (Phi) is 5.51. The van der Waals surface area contributed by atoms with Crippen molar-refractivity contribution in [3.63, 3.8) is 0 Å². The Balaban J connectivity index is 2.27. The Morgan fingerprint density at radius 3 is 2.32 bits per heavy atom. The number of aliphatic carboxylic acids is 1. The molecule has 1 unspecified atom stereocenters. The quantitative estimate of drug-likeness (QED) is 0.896. The molecule has 6 heteroatoms. The predicted octanol–water partition coefficient (Wildman–Crippen LogP) is 3.73. The minimum atomic E-state index is -1.01. The van der Waals surface area contributed by atoms with Crippen LogP contribution in [0.2, 0.25) is 0 Å². The van der Waals surface area contributed by atoms with E-state index < -0.39 is 29.4 Å². The van der Waals surface area contributed by atoms with Gasteiger partial charge in [-0.05, 0) is 42.3 Å². The van der Waals surface area contributed by atoms with Crippen LogP contribution in [0.1, 0.15) is 22.8 Å². The minimum absolute atomic E-state index is 0.0224. The minimum Gasteiger partial charge on any atom is -0.481 e. The average Bonchev–Trinajstić information content (AvgIpc) is 2.54. The smallest absolute Gasteiger partial charge is 0.308 e. The number of hydrogen-bond acceptors (Lipinski definition) is 2. The third kappa shape index (κ3) is 4.21. The lowest BCUT2D eigenvalue weighted by atomic mass is 9.98. The van der Waals surface area contributed by atoms with Gasteiger partial charge in [-0.3, -0.25) is 9.59 Å². The zero-order valence-corrected chi connectivity index (χ0v) is 14.2. The average molecular weight is 347 g/mol. The largest absolute Gasteiger partial charge is 0.481 e. The van der Waals surface area contributed by atoms with Crippen LogP contribution in [-0.2, 0) is 4.79 Å². The van der Waals surface area contributed by atoms with Crippen molar-refractivity contribution in [1.82, 2.24) is 4.90 Å². The molecule has 1 amide bonds. The van der Waals surface area contributed by atoms with Gasteiger partial charge in [0.25, 0.3) is 5.91 Å². The number of carboxylic acids is 1. The highest BCUT2D eigenvalue weighted by molar-refractivity contribution is 5.95. The molecule has 0 saturated heterocycles. The standard InChI is InChI=1S/C19H19F2NO3/c1-11-8-14(20)5-7-15(11)16-6-4-13(9-17(16)21)18(23)22(3)10-12(2)19(24)25/h4-9,12H,10H2,1-3H3,(H,24,25). The molecule has 0 aromatic heterocycles. The summed E-state index contributed by atoms with van der Waals surface area (Å²) in [4.78, 5) is 24.5. The second kappa shape index (κ2) is 7.42. The number of benzene rings is 2. The van der Waals surface area contributed by atoms with E-state index in [1.807, 2.05) is 0 Å². The number of carbonyl (C=O) groups is 2. The third-order valence-electron chi connectivity index (χ3n) is 4.01. The number of carboxylic acid groups (broad SMARTS) is 1. The highest BCUT2D eigenvalue weighted by Crippen LogP contribution is 2.27. The monoisotopic (exact) mass is 347 g/mol. The summed E-state index contributed by atoms with van der Waals surface area (Å²) in [7, 11) is 1.47. The zero-order valence-electron chi connectivity index (χ0n) is 14.2. The molecule has 132 valence electrons. The first-order valence-electron chi connectivity index (χ1n) is 7.75. The molecular weight excluding hydrogens is 328 g/mol. The molecule has 0 aliphatic heterocycles. The Hall–Kier alpha value is -2.76. The highest BCUT2D eigenvalue weighted by atomic mass is 19.1. The van der Waals surface area contributed by atoms with E-state index in [0.29, 0.717) is 11.1 Å². The van der Waals surface area contributed by atoms with Crippen molar-refractivity contribution in [2.75, 3.05) is 13.6 Å². The van der Waals surface area contributed by atoms with Crippen LogP contribution >= 0.6 is 0 Å². The summed E-state index contributed by atoms with van der Waals surface area (Å²) in [6.07, 6.45) is 0. The highest BCUT2D eigenvalue weighted by Gasteiger charge is 2.20. The van der Waals surface area contributed by atoms with Gasteiger partial charge in [-0.2, -0.15) is 0 Å². The number of carbonyl (C=O) groups excluding carboxylic acids is 1. The second-order valence-corrected chi connectivity index (χ2v) is 6.08. The molecule has 0 aliphatic rings. The van der Waals surface area contributed by atoms with Crippen LogP contribution in [0.25, 0.3) is 11.1 Å². The summed E-state index contributed by atoms with van der Waals surface area (Å²) in [5.41, 5.74) is 1.54. The number of hydrogen-bond donors (Lipinski definition) is 1. The van der Waals surface area contributed by atoms with Gasteiger partial charge in [0.15, 0.2) is 0 Å². The molecule has 2 rings (SSSR count). The fourth-order valence-corrected chi connectivity index (χ4v) is 2.59. The number of nitrogens with zero attached hydrogens (tertiary/aromatic N) is 1. The van der Waals surface area contributed by atoms with Crippen molar-refractivity contribution in [1.29, 1.82) is 0 Å². The fraction of sp³-hybridized carbons (Fsp3) is 0.263. The van der Waals surface area contributed by atoms with E-state index in [1.54, 1.807) is 6.92 Å². The SMILES string of the molecule is Cc1cc(F)ccc1-c1ccc(C(=O)N(C)CC(C)C(=O)O)cc1F. The van der Waals surface area contributed by atoms with E-state index in [0.717, 1.165) is 6.07 Å². The summed E-state index contributed by atoms with van der Waals surface area (Å²) in [6.45, 7) is 3.19. The van der Waals surface area contributed by atoms with Crippen molar-refractivity contribution in [3.05, 3.63) is 59.2 Å². The molecule has 2 aromatic rings. The first-order valence-corrected chi connectivity index (χ1v) is 7.75. The van der Waals surface area contributed by atoms with Crippen molar-refractivity contribution in [3.8, 4) is 11.1 Å². The van der Waals surface area contributed by atoms with Crippen LogP contribution < -0.4 is 0 Å². The third-order valence-corrected chi connectivity index (χ3v) is 4.01. The summed E-state index contributed by atoms with van der Waals surface area (Å²) in [5.74, 6) is -3.19. The molecule has 1 atom stereocenters. The molecule has 4 nitrogen and oxygen atoms in total. The summed E-state index contributed by atoms with van der Waals surface area (Å²) < 4.78 is 27.7. The van der Waals surface area contributed by atoms with Gasteiger partial charge >= 0.3 is 5.97 Å². The van der Waals surface area contributed by atoms with E-state index in [-0.39, 0.29) is 17.7 Å². The summed E-state index contributed by atoms with van der Waals surface area (Å²) in [6, 6.07) is 8.12. The van der Waals surface area contributed by atoms with Crippen molar-refractivity contribution < 1.29 is 23.5 Å². The molecule has 2 aromatic carbocycles. The van der Waals surface area contributed by atoms with Gasteiger partial charge in [-0.25, -0.2) is 8.78 Å². The Morgan fingerprint density at radius 2 is 1.76 bits per heavy atom. The van der Waals surface area contributed by atoms with E-state index in [2.05, 4.69) is 0 Å². The Morgan fingerprint density at radius 1 is 1.12 bits per heavy atom. The van der Waals surface area contributed by atoms with Gasteiger partial charge in [-0.1, -0.05) is 19.1 Å². The van der Waals surface area contributed by atoms with E-state index in [9.17, 15) is 18.4 Å². The topological polar surface area (TPSA) is 57.6 Å². The molecule has 0 spiro atoms. The van der Waals surface area contributed by atoms with Crippen LogP contribution in [-0.4, -0.2) is 35.5 Å². The van der Waals surface area contributed by atoms with Gasteiger partial charge in [0.05, 0.1) is 5.92 Å². The number of rotatable bonds is 5. The molecule has 25 heavy (non-hydrogen) atoms. The molecule has 0 heterocycles. The van der Waals surface area contributed by atoms with Crippen LogP contribution in [0.3, 0.4) is 0 Å². The first kappa shape index (κ1) is 18.6. The maximum absolute atomic E-state index is 14.5. The summed E-state index contributed by atoms with van der Waals surface area (Å²) in [5, 5.41) is 8.91. The molecule has 0 radical (unpaired) electrons. The molecule has 0 fully saturated rings. The predicted molar refractivity (Wildman–Crippen MR) is 90.3 cm³/mol. The number of halogens is 2. The Bertz CT molecular complexity index is 820. The van der Waals surface area contributed by atoms with E-state index >= 15 is 0 Å². The summed E-state index contributed by atoms with van der Waals surface area (Å²) >= 11 is 0. The molecule has 0 aliphatic carbocycles. The number of amides is 1. The molecular formula is C19H19F2NO3. The maximum atomic E-state index is 14.5. The normalized spacial score (nSPS) is 11.9. The number of aryl methyl sites for hydroxylation is 1. The van der Waals surface area contributed by atoms with Gasteiger partial charge in [0, 0.05) is 24.7 Å². The maximum Gasteiger partial charge on any atom is 0.308 e. The lowest BCUT2D eigenvalue weighted by Crippen LogP contribution is -2.33. The second-order valence-electron chi connectivity index (χ2n) is 6.08. The van der Waals surface area contributed by atoms with Crippen molar-refractivity contribution in [2.24, 2.45) is 5.92 Å².